The molecule has 1 amide bonds. The van der Waals surface area contributed by atoms with Crippen molar-refractivity contribution in [1.82, 2.24) is 10.3 Å². The van der Waals surface area contributed by atoms with Gasteiger partial charge in [0.25, 0.3) is 11.6 Å². The molecule has 2 N–H and O–H groups in total. The fourth-order valence-electron chi connectivity index (χ4n) is 2.94. The number of thiocarbonyl (C=S) groups is 1. The molecule has 4 rings (SSSR count). The number of ether oxygens (including phenoxy) is 1. The molecule has 30 heavy (non-hydrogen) atoms. The number of thiazole rings is 1. The van der Waals surface area contributed by atoms with Crippen LogP contribution in [0.15, 0.2) is 54.6 Å². The predicted octanol–water partition coefficient (Wildman–Crippen LogP) is 4.49. The highest BCUT2D eigenvalue weighted by molar-refractivity contribution is 7.80. The third-order valence-corrected chi connectivity index (χ3v) is 5.48. The van der Waals surface area contributed by atoms with Crippen molar-refractivity contribution in [3.8, 4) is 5.75 Å². The first kappa shape index (κ1) is 19.7. The van der Waals surface area contributed by atoms with Crippen LogP contribution in [0.1, 0.15) is 10.4 Å². The van der Waals surface area contributed by atoms with Gasteiger partial charge >= 0.3 is 0 Å². The van der Waals surface area contributed by atoms with Crippen LogP contribution in [0.3, 0.4) is 0 Å². The summed E-state index contributed by atoms with van der Waals surface area (Å²) in [7, 11) is 1.50. The number of amides is 1. The number of carbonyl (C=O) groups excluding carboxylic acids is 1. The average molecular weight is 438 g/mol. The van der Waals surface area contributed by atoms with Gasteiger partial charge in [0.05, 0.1) is 27.8 Å². The Kier molecular flexibility index (Phi) is 5.25. The third kappa shape index (κ3) is 3.91. The van der Waals surface area contributed by atoms with Crippen LogP contribution in [-0.2, 0) is 0 Å². The van der Waals surface area contributed by atoms with Crippen LogP contribution in [0.4, 0.5) is 10.8 Å². The lowest BCUT2D eigenvalue weighted by Crippen LogP contribution is -2.34. The number of nitrogens with zero attached hydrogens (tertiary/aromatic N) is 2. The lowest BCUT2D eigenvalue weighted by Gasteiger charge is -2.11. The van der Waals surface area contributed by atoms with Crippen molar-refractivity contribution in [1.29, 1.82) is 0 Å². The molecule has 0 aliphatic rings. The van der Waals surface area contributed by atoms with Crippen LogP contribution >= 0.6 is 23.6 Å². The first-order chi connectivity index (χ1) is 14.4. The second-order valence-corrected chi connectivity index (χ2v) is 7.67. The molecular formula is C20H14N4O4S2. The van der Waals surface area contributed by atoms with Crippen molar-refractivity contribution in [2.75, 3.05) is 12.4 Å². The van der Waals surface area contributed by atoms with E-state index in [1.54, 1.807) is 18.2 Å². The molecule has 1 heterocycles. The van der Waals surface area contributed by atoms with E-state index < -0.39 is 10.8 Å². The summed E-state index contributed by atoms with van der Waals surface area (Å²) >= 11 is 6.43. The SMILES string of the molecule is COc1cc2ccccc2cc1C(=O)NC(=S)Nc1nc2ccc([N+](=O)[O-])cc2s1. The lowest BCUT2D eigenvalue weighted by atomic mass is 10.1. The van der Waals surface area contributed by atoms with Crippen molar-refractivity contribution in [2.24, 2.45) is 0 Å². The Labute approximate surface area is 179 Å². The van der Waals surface area contributed by atoms with Gasteiger partial charge in [-0.3, -0.25) is 20.2 Å². The molecule has 0 fully saturated rings. The highest BCUT2D eigenvalue weighted by Crippen LogP contribution is 2.29. The Morgan fingerprint density at radius 3 is 2.60 bits per heavy atom. The van der Waals surface area contributed by atoms with Crippen molar-refractivity contribution < 1.29 is 14.5 Å². The standard InChI is InChI=1S/C20H14N4O4S2/c1-28-16-9-12-5-3-2-4-11(12)8-14(16)18(25)22-19(29)23-20-21-15-7-6-13(24(26)27)10-17(15)30-20/h2-10H,1H3,(H2,21,22,23,25,29). The summed E-state index contributed by atoms with van der Waals surface area (Å²) in [6, 6.07) is 15.6. The number of benzene rings is 3. The topological polar surface area (TPSA) is 106 Å². The number of nitro benzene ring substituents is 1. The van der Waals surface area contributed by atoms with Gasteiger partial charge in [0.15, 0.2) is 10.2 Å². The molecule has 8 nitrogen and oxygen atoms in total. The molecule has 0 spiro atoms. The molecule has 0 saturated heterocycles. The minimum absolute atomic E-state index is 0.0167. The zero-order valence-corrected chi connectivity index (χ0v) is 17.2. The highest BCUT2D eigenvalue weighted by Gasteiger charge is 2.16. The molecule has 4 aromatic rings. The van der Waals surface area contributed by atoms with Gasteiger partial charge in [0.1, 0.15) is 5.75 Å². The Morgan fingerprint density at radius 1 is 1.17 bits per heavy atom. The summed E-state index contributed by atoms with van der Waals surface area (Å²) in [5.41, 5.74) is 0.927. The molecule has 1 aromatic heterocycles. The molecular weight excluding hydrogens is 424 g/mol. The minimum Gasteiger partial charge on any atom is -0.496 e. The molecule has 10 heteroatoms. The zero-order chi connectivity index (χ0) is 21.3. The molecule has 0 aliphatic heterocycles. The van der Waals surface area contributed by atoms with E-state index >= 15 is 0 Å². The summed E-state index contributed by atoms with van der Waals surface area (Å²) in [4.78, 5) is 27.5. The summed E-state index contributed by atoms with van der Waals surface area (Å²) in [5.74, 6) is 0.00755. The number of fused-ring (bicyclic) bond motifs is 2. The largest absolute Gasteiger partial charge is 0.496 e. The van der Waals surface area contributed by atoms with Crippen molar-refractivity contribution in [2.45, 2.75) is 0 Å². The fraction of sp³-hybridized carbons (Fsp3) is 0.0500. The molecule has 0 saturated carbocycles. The maximum absolute atomic E-state index is 12.7. The number of aromatic nitrogens is 1. The Balaban J connectivity index is 1.52. The number of non-ortho nitro benzene ring substituents is 1. The maximum atomic E-state index is 12.7. The number of rotatable bonds is 4. The van der Waals surface area contributed by atoms with Crippen LogP contribution in [0.2, 0.25) is 0 Å². The maximum Gasteiger partial charge on any atom is 0.270 e. The molecule has 0 radical (unpaired) electrons. The average Bonchev–Trinajstić information content (AvgIpc) is 3.13. The van der Waals surface area contributed by atoms with Crippen LogP contribution in [0.25, 0.3) is 21.0 Å². The number of nitrogens with one attached hydrogen (secondary N) is 2. The van der Waals surface area contributed by atoms with Crippen LogP contribution in [-0.4, -0.2) is 28.0 Å². The van der Waals surface area contributed by atoms with Crippen molar-refractivity contribution in [3.63, 3.8) is 0 Å². The van der Waals surface area contributed by atoms with Gasteiger partial charge in [0, 0.05) is 12.1 Å². The Morgan fingerprint density at radius 2 is 1.90 bits per heavy atom. The number of hydrogen-bond acceptors (Lipinski definition) is 7. The van der Waals surface area contributed by atoms with Gasteiger partial charge in [-0.1, -0.05) is 35.6 Å². The first-order valence-corrected chi connectivity index (χ1v) is 9.91. The second kappa shape index (κ2) is 8.01. The number of hydrogen-bond donors (Lipinski definition) is 2. The second-order valence-electron chi connectivity index (χ2n) is 6.24. The van der Waals surface area contributed by atoms with Crippen LogP contribution in [0.5, 0.6) is 5.75 Å². The van der Waals surface area contributed by atoms with E-state index in [0.29, 0.717) is 26.7 Å². The molecule has 0 bridgehead atoms. The fourth-order valence-corrected chi connectivity index (χ4v) is 4.10. The van der Waals surface area contributed by atoms with Gasteiger partial charge in [-0.2, -0.15) is 0 Å². The molecule has 0 atom stereocenters. The number of carbonyl (C=O) groups is 1. The highest BCUT2D eigenvalue weighted by atomic mass is 32.1. The number of anilines is 1. The molecule has 0 unspecified atom stereocenters. The number of methoxy groups -OCH3 is 1. The predicted molar refractivity (Wildman–Crippen MR) is 120 cm³/mol. The van der Waals surface area contributed by atoms with E-state index in [1.165, 1.54) is 30.6 Å². The van der Waals surface area contributed by atoms with E-state index in [2.05, 4.69) is 15.6 Å². The Bertz CT molecular complexity index is 1320. The summed E-state index contributed by atoms with van der Waals surface area (Å²) < 4.78 is 5.99. The summed E-state index contributed by atoms with van der Waals surface area (Å²) in [5, 5.41) is 18.7. The summed E-state index contributed by atoms with van der Waals surface area (Å²) in [6.45, 7) is 0. The van der Waals surface area contributed by atoms with Gasteiger partial charge in [0.2, 0.25) is 0 Å². The Hall–Kier alpha value is -3.63. The summed E-state index contributed by atoms with van der Waals surface area (Å²) in [6.07, 6.45) is 0. The van der Waals surface area contributed by atoms with Crippen LogP contribution in [0, 0.1) is 10.1 Å². The van der Waals surface area contributed by atoms with Gasteiger partial charge in [-0.25, -0.2) is 4.98 Å². The van der Waals surface area contributed by atoms with E-state index in [4.69, 9.17) is 17.0 Å². The van der Waals surface area contributed by atoms with E-state index in [0.717, 1.165) is 10.8 Å². The lowest BCUT2D eigenvalue weighted by molar-refractivity contribution is -0.384. The first-order valence-electron chi connectivity index (χ1n) is 8.68. The normalized spacial score (nSPS) is 10.7. The van der Waals surface area contributed by atoms with Gasteiger partial charge in [-0.05, 0) is 41.2 Å². The van der Waals surface area contributed by atoms with E-state index in [1.807, 2.05) is 24.3 Å². The van der Waals surface area contributed by atoms with Crippen molar-refractivity contribution >= 4 is 66.4 Å². The quantitative estimate of drug-likeness (QED) is 0.275. The van der Waals surface area contributed by atoms with E-state index in [9.17, 15) is 14.9 Å². The minimum atomic E-state index is -0.464. The molecule has 0 aliphatic carbocycles. The van der Waals surface area contributed by atoms with E-state index in [-0.39, 0.29) is 10.8 Å². The van der Waals surface area contributed by atoms with Gasteiger partial charge in [-0.15, -0.1) is 0 Å². The zero-order valence-electron chi connectivity index (χ0n) is 15.5. The smallest absolute Gasteiger partial charge is 0.270 e. The van der Waals surface area contributed by atoms with Gasteiger partial charge < -0.3 is 10.1 Å². The van der Waals surface area contributed by atoms with Crippen LogP contribution < -0.4 is 15.4 Å². The molecule has 3 aromatic carbocycles. The number of nitro groups is 1. The molecule has 150 valence electrons. The monoisotopic (exact) mass is 438 g/mol. The third-order valence-electron chi connectivity index (χ3n) is 4.34. The van der Waals surface area contributed by atoms with Crippen molar-refractivity contribution in [3.05, 3.63) is 70.3 Å².